The molecule has 1 aliphatic rings. The zero-order valence-electron chi connectivity index (χ0n) is 24.9. The van der Waals surface area contributed by atoms with Gasteiger partial charge in [-0.1, -0.05) is 72.6 Å². The van der Waals surface area contributed by atoms with E-state index in [0.29, 0.717) is 52.4 Å². The summed E-state index contributed by atoms with van der Waals surface area (Å²) in [5, 5.41) is 18.7. The minimum Gasteiger partial charge on any atom is -0.488 e. The van der Waals surface area contributed by atoms with E-state index < -0.39 is 12.1 Å². The molecular formula is C34H36Cl2N4O4. The number of rotatable bonds is 8. The number of aliphatic hydroxyl groups excluding tert-OH is 1. The van der Waals surface area contributed by atoms with Crippen LogP contribution in [0.1, 0.15) is 29.8 Å². The number of benzene rings is 4. The highest BCUT2D eigenvalue weighted by atomic mass is 35.5. The van der Waals surface area contributed by atoms with Crippen LogP contribution in [-0.2, 0) is 6.54 Å². The number of ether oxygens (including phenoxy) is 1. The Balaban J connectivity index is 1.37. The molecule has 0 unspecified atom stereocenters. The van der Waals surface area contributed by atoms with Crippen molar-refractivity contribution in [3.05, 3.63) is 100 Å². The maximum atomic E-state index is 13.8. The van der Waals surface area contributed by atoms with Crippen LogP contribution in [0.5, 0.6) is 5.75 Å². The molecule has 0 saturated carbocycles. The fourth-order valence-electron chi connectivity index (χ4n) is 5.46. The van der Waals surface area contributed by atoms with Crippen LogP contribution in [0.25, 0.3) is 10.8 Å². The highest BCUT2D eigenvalue weighted by Gasteiger charge is 2.33. The number of nitrogens with zero attached hydrogens (tertiary/aromatic N) is 2. The van der Waals surface area contributed by atoms with Crippen LogP contribution in [0.3, 0.4) is 0 Å². The third kappa shape index (κ3) is 7.27. The van der Waals surface area contributed by atoms with Crippen molar-refractivity contribution in [3.8, 4) is 5.75 Å². The fourth-order valence-corrected chi connectivity index (χ4v) is 5.78. The van der Waals surface area contributed by atoms with Gasteiger partial charge in [-0.25, -0.2) is 4.79 Å². The van der Waals surface area contributed by atoms with Crippen molar-refractivity contribution in [2.75, 3.05) is 37.4 Å². The van der Waals surface area contributed by atoms with Gasteiger partial charge >= 0.3 is 6.03 Å². The van der Waals surface area contributed by atoms with Gasteiger partial charge in [0.25, 0.3) is 5.91 Å². The minimum atomic E-state index is -0.434. The smallest absolute Gasteiger partial charge is 0.323 e. The number of nitrogens with one attached hydrogen (secondary N) is 2. The zero-order chi connectivity index (χ0) is 31.4. The maximum Gasteiger partial charge on any atom is 0.323 e. The Morgan fingerprint density at radius 1 is 1.05 bits per heavy atom. The Bertz CT molecular complexity index is 1660. The van der Waals surface area contributed by atoms with Gasteiger partial charge in [0.05, 0.1) is 33.9 Å². The van der Waals surface area contributed by atoms with E-state index in [2.05, 4.69) is 15.5 Å². The van der Waals surface area contributed by atoms with Crippen molar-refractivity contribution in [1.82, 2.24) is 9.80 Å². The highest BCUT2D eigenvalue weighted by molar-refractivity contribution is 6.42. The van der Waals surface area contributed by atoms with Gasteiger partial charge in [-0.3, -0.25) is 9.69 Å². The number of amides is 3. The average Bonchev–Trinajstić information content (AvgIpc) is 3.01. The Morgan fingerprint density at radius 3 is 2.59 bits per heavy atom. The van der Waals surface area contributed by atoms with Crippen molar-refractivity contribution < 1.29 is 19.4 Å². The van der Waals surface area contributed by atoms with E-state index in [1.165, 1.54) is 0 Å². The molecule has 44 heavy (non-hydrogen) atoms. The first-order chi connectivity index (χ1) is 21.1. The highest BCUT2D eigenvalue weighted by Crippen LogP contribution is 2.31. The molecule has 0 spiro atoms. The number of aliphatic hydroxyl groups is 1. The number of likely N-dealkylation sites (N-methyl/N-ethyl adjacent to an activating group) is 1. The van der Waals surface area contributed by atoms with Crippen LogP contribution >= 0.6 is 23.2 Å². The maximum absolute atomic E-state index is 13.8. The van der Waals surface area contributed by atoms with Gasteiger partial charge in [-0.05, 0) is 61.3 Å². The van der Waals surface area contributed by atoms with Crippen molar-refractivity contribution in [3.63, 3.8) is 0 Å². The lowest BCUT2D eigenvalue weighted by molar-refractivity contribution is 0.0341. The molecular weight excluding hydrogens is 599 g/mol. The molecule has 1 aliphatic heterocycles. The lowest BCUT2D eigenvalue weighted by atomic mass is 9.99. The van der Waals surface area contributed by atoms with Gasteiger partial charge in [-0.15, -0.1) is 0 Å². The van der Waals surface area contributed by atoms with Gasteiger partial charge in [0.2, 0.25) is 0 Å². The summed E-state index contributed by atoms with van der Waals surface area (Å²) in [5.74, 6) is 0.111. The number of hydrogen-bond acceptors (Lipinski definition) is 5. The van der Waals surface area contributed by atoms with Crippen LogP contribution in [0.4, 0.5) is 16.2 Å². The Morgan fingerprint density at radius 2 is 1.82 bits per heavy atom. The van der Waals surface area contributed by atoms with Crippen molar-refractivity contribution in [1.29, 1.82) is 0 Å². The second kappa shape index (κ2) is 13.9. The quantitative estimate of drug-likeness (QED) is 0.191. The summed E-state index contributed by atoms with van der Waals surface area (Å²) in [5.41, 5.74) is 2.45. The normalized spacial score (nSPS) is 17.4. The molecule has 0 aliphatic carbocycles. The first-order valence-electron chi connectivity index (χ1n) is 14.5. The van der Waals surface area contributed by atoms with Crippen molar-refractivity contribution in [2.24, 2.45) is 5.92 Å². The van der Waals surface area contributed by atoms with E-state index in [0.717, 1.165) is 16.3 Å². The third-order valence-corrected chi connectivity index (χ3v) is 8.63. The van der Waals surface area contributed by atoms with Crippen molar-refractivity contribution >= 4 is 57.3 Å². The summed E-state index contributed by atoms with van der Waals surface area (Å²) in [7, 11) is 2.00. The molecule has 0 aromatic heterocycles. The zero-order valence-corrected chi connectivity index (χ0v) is 26.4. The van der Waals surface area contributed by atoms with Crippen molar-refractivity contribution in [2.45, 2.75) is 32.5 Å². The molecule has 0 saturated heterocycles. The summed E-state index contributed by atoms with van der Waals surface area (Å²) in [4.78, 5) is 30.6. The number of halogens is 2. The number of carbonyl (C=O) groups excluding carboxylic acids is 2. The number of carbonyl (C=O) groups is 2. The van der Waals surface area contributed by atoms with E-state index in [-0.39, 0.29) is 24.5 Å². The number of urea groups is 1. The van der Waals surface area contributed by atoms with Crippen LogP contribution < -0.4 is 15.4 Å². The predicted molar refractivity (Wildman–Crippen MR) is 177 cm³/mol. The minimum absolute atomic E-state index is 0.0402. The Kier molecular flexibility index (Phi) is 9.96. The van der Waals surface area contributed by atoms with Gasteiger partial charge in [0, 0.05) is 36.6 Å². The van der Waals surface area contributed by atoms with Gasteiger partial charge in [-0.2, -0.15) is 0 Å². The number of anilines is 2. The van der Waals surface area contributed by atoms with Crippen LogP contribution in [-0.4, -0.2) is 65.7 Å². The molecule has 8 nitrogen and oxygen atoms in total. The predicted octanol–water partition coefficient (Wildman–Crippen LogP) is 7.14. The molecule has 1 heterocycles. The van der Waals surface area contributed by atoms with E-state index in [1.54, 1.807) is 29.2 Å². The first kappa shape index (κ1) is 31.6. The molecule has 3 amide bonds. The fraction of sp³-hybridized carbons (Fsp3) is 0.294. The monoisotopic (exact) mass is 634 g/mol. The molecule has 0 bridgehead atoms. The Hall–Kier alpha value is -3.82. The SMILES string of the molecule is C[C@@H]1CN([C@@H](C)CO)C(=O)c2cc(NC(=O)Nc3cccc4ccccc34)ccc2O[C@H]1CN(C)Cc1ccc(Cl)c(Cl)c1. The van der Waals surface area contributed by atoms with Crippen LogP contribution in [0.15, 0.2) is 78.9 Å². The van der Waals surface area contributed by atoms with Gasteiger partial charge in [0.1, 0.15) is 11.9 Å². The summed E-state index contributed by atoms with van der Waals surface area (Å²) < 4.78 is 6.51. The standard InChI is InChI=1S/C34H36Cl2N4O4/c1-21-17-40(22(2)20-41)33(42)27-16-25(37-34(43)38-30-10-6-8-24-7-4-5-9-26(24)30)12-14-31(27)44-32(21)19-39(3)18-23-11-13-28(35)29(36)15-23/h4-16,21-22,32,41H,17-20H2,1-3H3,(H2,37,38,43)/t21-,22+,32+/m1/s1. The van der Waals surface area contributed by atoms with Crippen LogP contribution in [0, 0.1) is 5.92 Å². The molecule has 4 aromatic carbocycles. The summed E-state index contributed by atoms with van der Waals surface area (Å²) >= 11 is 12.3. The lowest BCUT2D eigenvalue weighted by Crippen LogP contribution is -2.49. The molecule has 0 fully saturated rings. The molecule has 0 radical (unpaired) electrons. The van der Waals surface area contributed by atoms with E-state index in [4.69, 9.17) is 27.9 Å². The first-order valence-corrected chi connectivity index (χ1v) is 15.3. The molecule has 230 valence electrons. The molecule has 3 atom stereocenters. The average molecular weight is 636 g/mol. The van der Waals surface area contributed by atoms with Gasteiger partial charge in [0.15, 0.2) is 0 Å². The second-order valence-electron chi connectivity index (χ2n) is 11.4. The molecule has 3 N–H and O–H groups in total. The Labute approximate surface area is 267 Å². The summed E-state index contributed by atoms with van der Waals surface area (Å²) in [6.45, 7) is 5.27. The summed E-state index contributed by atoms with van der Waals surface area (Å²) in [6, 6.07) is 23.3. The number of fused-ring (bicyclic) bond motifs is 2. The number of hydrogen-bond donors (Lipinski definition) is 3. The molecule has 5 rings (SSSR count). The van der Waals surface area contributed by atoms with E-state index in [1.807, 2.05) is 75.5 Å². The lowest BCUT2D eigenvalue weighted by Gasteiger charge is -2.38. The van der Waals surface area contributed by atoms with Gasteiger partial charge < -0.3 is 25.4 Å². The molecule has 4 aromatic rings. The van der Waals surface area contributed by atoms with Crippen LogP contribution in [0.2, 0.25) is 10.0 Å². The topological polar surface area (TPSA) is 94.1 Å². The third-order valence-electron chi connectivity index (χ3n) is 7.89. The largest absolute Gasteiger partial charge is 0.488 e. The van der Waals surface area contributed by atoms with E-state index >= 15 is 0 Å². The van der Waals surface area contributed by atoms with E-state index in [9.17, 15) is 14.7 Å². The second-order valence-corrected chi connectivity index (χ2v) is 12.2. The molecule has 10 heteroatoms. The summed E-state index contributed by atoms with van der Waals surface area (Å²) in [6.07, 6.45) is -0.267.